The summed E-state index contributed by atoms with van der Waals surface area (Å²) in [7, 11) is 1.61. The Morgan fingerprint density at radius 2 is 1.74 bits per heavy atom. The van der Waals surface area contributed by atoms with Crippen LogP contribution in [-0.2, 0) is 0 Å². The van der Waals surface area contributed by atoms with Crippen LogP contribution in [0.25, 0.3) is 40.1 Å². The molecule has 0 aliphatic rings. The fourth-order valence-corrected chi connectivity index (χ4v) is 5.85. The molecule has 0 N–H and O–H groups in total. The number of methoxy groups -OCH3 is 1. The first-order valence-corrected chi connectivity index (χ1v) is 15.9. The molecule has 0 bridgehead atoms. The van der Waals surface area contributed by atoms with Gasteiger partial charge >= 0.3 is 0 Å². The Labute approximate surface area is 271 Å². The fraction of sp³-hybridized carbons (Fsp3) is 0.222. The fourth-order valence-electron chi connectivity index (χ4n) is 4.94. The number of nitrogens with zero attached hydrogens (tertiary/aromatic N) is 5. The second-order valence-corrected chi connectivity index (χ2v) is 12.2. The van der Waals surface area contributed by atoms with Crippen molar-refractivity contribution in [2.24, 2.45) is 5.92 Å². The van der Waals surface area contributed by atoms with Gasteiger partial charge in [-0.3, -0.25) is 4.79 Å². The van der Waals surface area contributed by atoms with Crippen LogP contribution in [0.5, 0.6) is 17.2 Å². The number of aromatic nitrogens is 5. The Morgan fingerprint density at radius 3 is 2.46 bits per heavy atom. The number of thiazole rings is 1. The predicted octanol–water partition coefficient (Wildman–Crippen LogP) is 6.47. The molecule has 0 spiro atoms. The normalized spacial score (nSPS) is 12.1. The SMILES string of the molecule is CCOc1ccc(/C=C/c2nc3s/c(=C\c4cn(-c5ccccc5)nc4-c4ccc(OCC(C)C)c(C)c4)c(=O)n3n2)cc1OC. The summed E-state index contributed by atoms with van der Waals surface area (Å²) in [6.45, 7) is 9.41. The van der Waals surface area contributed by atoms with Crippen molar-refractivity contribution in [3.8, 4) is 34.2 Å². The van der Waals surface area contributed by atoms with E-state index in [2.05, 4.69) is 30.0 Å². The van der Waals surface area contributed by atoms with Gasteiger partial charge in [-0.05, 0) is 85.5 Å². The number of fused-ring (bicyclic) bond motifs is 1. The molecule has 234 valence electrons. The summed E-state index contributed by atoms with van der Waals surface area (Å²) < 4.78 is 20.7. The van der Waals surface area contributed by atoms with Crippen LogP contribution in [0.2, 0.25) is 0 Å². The van der Waals surface area contributed by atoms with E-state index in [0.29, 0.717) is 45.9 Å². The molecule has 0 fully saturated rings. The van der Waals surface area contributed by atoms with Crippen LogP contribution in [0.15, 0.2) is 77.7 Å². The third-order valence-corrected chi connectivity index (χ3v) is 8.14. The Morgan fingerprint density at radius 1 is 0.935 bits per heavy atom. The first-order chi connectivity index (χ1) is 22.3. The highest BCUT2D eigenvalue weighted by molar-refractivity contribution is 7.15. The van der Waals surface area contributed by atoms with Crippen LogP contribution in [0.3, 0.4) is 0 Å². The van der Waals surface area contributed by atoms with Gasteiger partial charge in [0.05, 0.1) is 30.5 Å². The van der Waals surface area contributed by atoms with Gasteiger partial charge in [-0.1, -0.05) is 55.5 Å². The van der Waals surface area contributed by atoms with Crippen molar-refractivity contribution in [3.05, 3.63) is 110 Å². The molecule has 0 aliphatic carbocycles. The summed E-state index contributed by atoms with van der Waals surface area (Å²) in [6, 6.07) is 21.6. The van der Waals surface area contributed by atoms with E-state index in [4.69, 9.17) is 19.3 Å². The van der Waals surface area contributed by atoms with Gasteiger partial charge in [0.25, 0.3) is 5.56 Å². The molecule has 0 atom stereocenters. The number of aryl methyl sites for hydroxylation is 1. The largest absolute Gasteiger partial charge is 0.493 e. The molecule has 0 amide bonds. The average molecular weight is 634 g/mol. The molecular weight excluding hydrogens is 598 g/mol. The lowest BCUT2D eigenvalue weighted by molar-refractivity contribution is 0.269. The molecule has 3 aromatic carbocycles. The van der Waals surface area contributed by atoms with E-state index in [9.17, 15) is 4.79 Å². The molecule has 3 heterocycles. The van der Waals surface area contributed by atoms with Crippen molar-refractivity contribution in [3.63, 3.8) is 0 Å². The van der Waals surface area contributed by atoms with Crippen LogP contribution in [0.1, 0.15) is 43.3 Å². The van der Waals surface area contributed by atoms with Crippen LogP contribution < -0.4 is 24.3 Å². The van der Waals surface area contributed by atoms with E-state index < -0.39 is 0 Å². The lowest BCUT2D eigenvalue weighted by Crippen LogP contribution is -2.23. The quantitative estimate of drug-likeness (QED) is 0.161. The third kappa shape index (κ3) is 6.57. The monoisotopic (exact) mass is 633 g/mol. The first kappa shape index (κ1) is 30.8. The second kappa shape index (κ2) is 13.4. The topological polar surface area (TPSA) is 92.8 Å². The molecular formula is C36H35N5O4S. The zero-order chi connectivity index (χ0) is 32.2. The summed E-state index contributed by atoms with van der Waals surface area (Å²) in [4.78, 5) is 18.6. The number of para-hydroxylation sites is 1. The molecule has 0 saturated heterocycles. The van der Waals surface area contributed by atoms with E-state index in [-0.39, 0.29) is 5.56 Å². The van der Waals surface area contributed by atoms with Gasteiger partial charge in [-0.15, -0.1) is 5.10 Å². The maximum atomic E-state index is 13.5. The Balaban J connectivity index is 1.34. The van der Waals surface area contributed by atoms with Crippen LogP contribution in [0.4, 0.5) is 0 Å². The van der Waals surface area contributed by atoms with E-state index in [0.717, 1.165) is 39.4 Å². The highest BCUT2D eigenvalue weighted by atomic mass is 32.1. The van der Waals surface area contributed by atoms with Crippen molar-refractivity contribution in [1.82, 2.24) is 24.4 Å². The van der Waals surface area contributed by atoms with Crippen LogP contribution in [-0.4, -0.2) is 44.7 Å². The third-order valence-electron chi connectivity index (χ3n) is 7.18. The highest BCUT2D eigenvalue weighted by Gasteiger charge is 2.15. The summed E-state index contributed by atoms with van der Waals surface area (Å²) in [5, 5.41) is 9.41. The van der Waals surface area contributed by atoms with Crippen molar-refractivity contribution in [1.29, 1.82) is 0 Å². The lowest BCUT2D eigenvalue weighted by Gasteiger charge is -2.12. The van der Waals surface area contributed by atoms with Gasteiger partial charge in [0.15, 0.2) is 17.3 Å². The number of benzene rings is 3. The minimum atomic E-state index is -0.234. The summed E-state index contributed by atoms with van der Waals surface area (Å²) >= 11 is 1.29. The molecule has 0 radical (unpaired) electrons. The minimum Gasteiger partial charge on any atom is -0.493 e. The maximum Gasteiger partial charge on any atom is 0.291 e. The standard InChI is InChI=1S/C36H35N5O4S/c1-6-44-30-15-12-25(19-31(30)43-5)13-17-33-37-36-41(38-33)35(42)32(46-36)20-27-21-40(28-10-8-7-9-11-28)39-34(27)26-14-16-29(24(4)18-26)45-22-23(2)3/h7-21,23H,6,22H2,1-5H3/b17-13+,32-20-. The molecule has 0 unspecified atom stereocenters. The molecule has 10 heteroatoms. The zero-order valence-electron chi connectivity index (χ0n) is 26.4. The lowest BCUT2D eigenvalue weighted by atomic mass is 10.0. The predicted molar refractivity (Wildman–Crippen MR) is 183 cm³/mol. The van der Waals surface area contributed by atoms with Crippen molar-refractivity contribution >= 4 is 34.5 Å². The Kier molecular flexibility index (Phi) is 8.98. The van der Waals surface area contributed by atoms with Crippen molar-refractivity contribution < 1.29 is 14.2 Å². The van der Waals surface area contributed by atoms with E-state index >= 15 is 0 Å². The Bertz CT molecular complexity index is 2130. The Hall–Kier alpha value is -5.22. The molecule has 3 aromatic heterocycles. The maximum absolute atomic E-state index is 13.5. The van der Waals surface area contributed by atoms with E-state index in [1.165, 1.54) is 15.9 Å². The molecule has 0 saturated carbocycles. The van der Waals surface area contributed by atoms with E-state index in [1.807, 2.05) is 97.5 Å². The smallest absolute Gasteiger partial charge is 0.291 e. The van der Waals surface area contributed by atoms with Gasteiger partial charge in [0.2, 0.25) is 4.96 Å². The first-order valence-electron chi connectivity index (χ1n) is 15.1. The van der Waals surface area contributed by atoms with Crippen LogP contribution >= 0.6 is 11.3 Å². The summed E-state index contributed by atoms with van der Waals surface area (Å²) in [5.41, 5.74) is 5.10. The summed E-state index contributed by atoms with van der Waals surface area (Å²) in [6.07, 6.45) is 7.46. The van der Waals surface area contributed by atoms with Crippen molar-refractivity contribution in [2.75, 3.05) is 20.3 Å². The van der Waals surface area contributed by atoms with Crippen molar-refractivity contribution in [2.45, 2.75) is 27.7 Å². The molecule has 9 nitrogen and oxygen atoms in total. The number of rotatable bonds is 11. The van der Waals surface area contributed by atoms with Gasteiger partial charge in [-0.2, -0.15) is 14.6 Å². The molecule has 6 aromatic rings. The molecule has 6 rings (SSSR count). The highest BCUT2D eigenvalue weighted by Crippen LogP contribution is 2.30. The van der Waals surface area contributed by atoms with Gasteiger partial charge in [0, 0.05) is 17.3 Å². The number of ether oxygens (including phenoxy) is 3. The summed E-state index contributed by atoms with van der Waals surface area (Å²) in [5.74, 6) is 3.05. The zero-order valence-corrected chi connectivity index (χ0v) is 27.2. The number of hydrogen-bond acceptors (Lipinski definition) is 8. The second-order valence-electron chi connectivity index (χ2n) is 11.2. The van der Waals surface area contributed by atoms with E-state index in [1.54, 1.807) is 13.2 Å². The molecule has 0 aliphatic heterocycles. The van der Waals surface area contributed by atoms with Gasteiger partial charge in [-0.25, -0.2) is 4.68 Å². The molecule has 46 heavy (non-hydrogen) atoms. The minimum absolute atomic E-state index is 0.234. The number of hydrogen-bond donors (Lipinski definition) is 0. The van der Waals surface area contributed by atoms with Crippen LogP contribution in [0, 0.1) is 12.8 Å². The average Bonchev–Trinajstić information content (AvgIpc) is 3.75. The van der Waals surface area contributed by atoms with Gasteiger partial charge < -0.3 is 14.2 Å². The van der Waals surface area contributed by atoms with Gasteiger partial charge in [0.1, 0.15) is 11.4 Å².